The van der Waals surface area contributed by atoms with E-state index >= 15 is 0 Å². The average molecular weight is 415 g/mol. The maximum absolute atomic E-state index is 12.5. The Morgan fingerprint density at radius 2 is 1.80 bits per heavy atom. The minimum absolute atomic E-state index is 0.128. The first-order chi connectivity index (χ1) is 14.6. The van der Waals surface area contributed by atoms with Crippen LogP contribution in [0.4, 0.5) is 0 Å². The molecular formula is C21H21NO8. The normalized spacial score (nSPS) is 14.9. The molecule has 2 aliphatic rings. The maximum atomic E-state index is 12.5. The van der Waals surface area contributed by atoms with Crippen molar-refractivity contribution in [2.45, 2.75) is 0 Å². The number of hydrogen-bond donors (Lipinski definition) is 0. The Bertz CT molecular complexity index is 939. The van der Waals surface area contributed by atoms with Gasteiger partial charge in [0.2, 0.25) is 6.79 Å². The Balaban J connectivity index is 1.39. The van der Waals surface area contributed by atoms with Gasteiger partial charge in [0.1, 0.15) is 5.75 Å². The molecule has 0 spiro atoms. The summed E-state index contributed by atoms with van der Waals surface area (Å²) in [6, 6.07) is 9.51. The number of esters is 1. The van der Waals surface area contributed by atoms with E-state index in [1.807, 2.05) is 0 Å². The van der Waals surface area contributed by atoms with Gasteiger partial charge in [-0.1, -0.05) is 0 Å². The summed E-state index contributed by atoms with van der Waals surface area (Å²) >= 11 is 0. The van der Waals surface area contributed by atoms with Crippen molar-refractivity contribution in [3.8, 4) is 28.7 Å². The van der Waals surface area contributed by atoms with Crippen LogP contribution in [-0.4, -0.2) is 63.6 Å². The summed E-state index contributed by atoms with van der Waals surface area (Å²) in [6.45, 7) is 2.15. The van der Waals surface area contributed by atoms with Gasteiger partial charge in [0.05, 0.1) is 25.9 Å². The number of nitrogens with zero attached hydrogens (tertiary/aromatic N) is 1. The third-order valence-electron chi connectivity index (χ3n) is 4.67. The predicted molar refractivity (Wildman–Crippen MR) is 103 cm³/mol. The number of fused-ring (bicyclic) bond motifs is 1. The molecule has 0 aliphatic carbocycles. The standard InChI is InChI=1S/C21H21NO8/c1-25-18-10-14(21(24)30-15-3-5-17-19(11-15)29-13-28-17)2-4-16(18)27-12-20(23)22-6-8-26-9-7-22/h2-5,10-11H,6-9,12-13H2,1H3. The summed E-state index contributed by atoms with van der Waals surface area (Å²) in [6.07, 6.45) is 0. The van der Waals surface area contributed by atoms with Crippen LogP contribution in [-0.2, 0) is 9.53 Å². The van der Waals surface area contributed by atoms with Crippen LogP contribution in [0.15, 0.2) is 36.4 Å². The summed E-state index contributed by atoms with van der Waals surface area (Å²) in [5, 5.41) is 0. The SMILES string of the molecule is COc1cc(C(=O)Oc2ccc3c(c2)OCO3)ccc1OCC(=O)N1CCOCC1. The number of carbonyl (C=O) groups is 2. The van der Waals surface area contributed by atoms with Gasteiger partial charge in [-0.05, 0) is 30.3 Å². The second-order valence-corrected chi connectivity index (χ2v) is 6.55. The van der Waals surface area contributed by atoms with E-state index in [1.165, 1.54) is 13.2 Å². The molecule has 0 saturated carbocycles. The van der Waals surface area contributed by atoms with Gasteiger partial charge in [-0.3, -0.25) is 4.79 Å². The van der Waals surface area contributed by atoms with E-state index in [-0.39, 0.29) is 24.9 Å². The lowest BCUT2D eigenvalue weighted by Crippen LogP contribution is -2.43. The Morgan fingerprint density at radius 3 is 2.60 bits per heavy atom. The van der Waals surface area contributed by atoms with E-state index in [4.69, 9.17) is 28.4 Å². The van der Waals surface area contributed by atoms with Crippen molar-refractivity contribution in [1.29, 1.82) is 0 Å². The monoisotopic (exact) mass is 415 g/mol. The van der Waals surface area contributed by atoms with Crippen LogP contribution in [0.3, 0.4) is 0 Å². The zero-order valence-corrected chi connectivity index (χ0v) is 16.4. The molecule has 30 heavy (non-hydrogen) atoms. The van der Waals surface area contributed by atoms with Gasteiger partial charge in [-0.25, -0.2) is 4.79 Å². The highest BCUT2D eigenvalue weighted by Crippen LogP contribution is 2.35. The molecule has 2 aromatic carbocycles. The lowest BCUT2D eigenvalue weighted by Gasteiger charge is -2.26. The van der Waals surface area contributed by atoms with E-state index in [1.54, 1.807) is 35.2 Å². The van der Waals surface area contributed by atoms with Gasteiger partial charge < -0.3 is 33.3 Å². The minimum Gasteiger partial charge on any atom is -0.493 e. The van der Waals surface area contributed by atoms with Crippen molar-refractivity contribution in [1.82, 2.24) is 4.90 Å². The van der Waals surface area contributed by atoms with Gasteiger partial charge in [-0.15, -0.1) is 0 Å². The molecule has 0 atom stereocenters. The molecule has 0 radical (unpaired) electrons. The second kappa shape index (κ2) is 8.91. The molecule has 0 bridgehead atoms. The third kappa shape index (κ3) is 4.41. The van der Waals surface area contributed by atoms with Crippen LogP contribution in [0.25, 0.3) is 0 Å². The molecule has 4 rings (SSSR count). The molecular weight excluding hydrogens is 394 g/mol. The average Bonchev–Trinajstić information content (AvgIpc) is 3.25. The summed E-state index contributed by atoms with van der Waals surface area (Å²) in [7, 11) is 1.46. The smallest absolute Gasteiger partial charge is 0.343 e. The zero-order chi connectivity index (χ0) is 20.9. The quantitative estimate of drug-likeness (QED) is 0.522. The number of methoxy groups -OCH3 is 1. The molecule has 9 nitrogen and oxygen atoms in total. The molecule has 2 heterocycles. The number of hydrogen-bond acceptors (Lipinski definition) is 8. The zero-order valence-electron chi connectivity index (χ0n) is 16.4. The highest BCUT2D eigenvalue weighted by molar-refractivity contribution is 5.92. The number of morpholine rings is 1. The Labute approximate surface area is 173 Å². The molecule has 1 amide bonds. The number of benzene rings is 2. The van der Waals surface area contributed by atoms with Crippen LogP contribution in [0.1, 0.15) is 10.4 Å². The van der Waals surface area contributed by atoms with E-state index in [2.05, 4.69) is 0 Å². The molecule has 1 saturated heterocycles. The highest BCUT2D eigenvalue weighted by atomic mass is 16.7. The summed E-state index contributed by atoms with van der Waals surface area (Å²) in [4.78, 5) is 26.4. The third-order valence-corrected chi connectivity index (χ3v) is 4.67. The Kier molecular flexibility index (Phi) is 5.89. The summed E-state index contributed by atoms with van der Waals surface area (Å²) in [5.74, 6) is 1.44. The largest absolute Gasteiger partial charge is 0.493 e. The number of rotatable bonds is 6. The van der Waals surface area contributed by atoms with Crippen LogP contribution >= 0.6 is 0 Å². The highest BCUT2D eigenvalue weighted by Gasteiger charge is 2.20. The maximum Gasteiger partial charge on any atom is 0.343 e. The molecule has 0 N–H and O–H groups in total. The van der Waals surface area contributed by atoms with Crippen LogP contribution in [0.2, 0.25) is 0 Å². The first-order valence-electron chi connectivity index (χ1n) is 9.42. The van der Waals surface area contributed by atoms with E-state index in [0.29, 0.717) is 55.1 Å². The van der Waals surface area contributed by atoms with Gasteiger partial charge in [-0.2, -0.15) is 0 Å². The van der Waals surface area contributed by atoms with Gasteiger partial charge in [0, 0.05) is 19.2 Å². The predicted octanol–water partition coefficient (Wildman–Crippen LogP) is 1.88. The van der Waals surface area contributed by atoms with Crippen molar-refractivity contribution in [3.05, 3.63) is 42.0 Å². The molecule has 2 aromatic rings. The van der Waals surface area contributed by atoms with Crippen molar-refractivity contribution in [2.24, 2.45) is 0 Å². The molecule has 9 heteroatoms. The van der Waals surface area contributed by atoms with Gasteiger partial charge >= 0.3 is 5.97 Å². The van der Waals surface area contributed by atoms with Crippen molar-refractivity contribution in [3.63, 3.8) is 0 Å². The summed E-state index contributed by atoms with van der Waals surface area (Å²) < 4.78 is 32.1. The minimum atomic E-state index is -0.567. The van der Waals surface area contributed by atoms with E-state index in [9.17, 15) is 9.59 Å². The number of amides is 1. The topological polar surface area (TPSA) is 92.8 Å². The van der Waals surface area contributed by atoms with Crippen molar-refractivity contribution >= 4 is 11.9 Å². The van der Waals surface area contributed by atoms with Gasteiger partial charge in [0.25, 0.3) is 5.91 Å². The van der Waals surface area contributed by atoms with E-state index in [0.717, 1.165) is 0 Å². The Hall–Kier alpha value is -3.46. The fourth-order valence-electron chi connectivity index (χ4n) is 3.06. The lowest BCUT2D eigenvalue weighted by molar-refractivity contribution is -0.137. The Morgan fingerprint density at radius 1 is 1.00 bits per heavy atom. The lowest BCUT2D eigenvalue weighted by atomic mass is 10.2. The summed E-state index contributed by atoms with van der Waals surface area (Å²) in [5.41, 5.74) is 0.274. The molecule has 2 aliphatic heterocycles. The fourth-order valence-corrected chi connectivity index (χ4v) is 3.06. The number of carbonyl (C=O) groups excluding carboxylic acids is 2. The first kappa shape index (κ1) is 19.8. The van der Waals surface area contributed by atoms with Gasteiger partial charge in [0.15, 0.2) is 29.6 Å². The molecule has 158 valence electrons. The van der Waals surface area contributed by atoms with E-state index < -0.39 is 5.97 Å². The second-order valence-electron chi connectivity index (χ2n) is 6.55. The fraction of sp³-hybridized carbons (Fsp3) is 0.333. The van der Waals surface area contributed by atoms with Crippen LogP contribution in [0.5, 0.6) is 28.7 Å². The van der Waals surface area contributed by atoms with Crippen molar-refractivity contribution < 1.29 is 38.0 Å². The molecule has 0 unspecified atom stereocenters. The molecule has 1 fully saturated rings. The molecule has 0 aromatic heterocycles. The van der Waals surface area contributed by atoms with Crippen molar-refractivity contribution in [2.75, 3.05) is 46.8 Å². The number of ether oxygens (including phenoxy) is 6. The van der Waals surface area contributed by atoms with Crippen LogP contribution < -0.4 is 23.7 Å². The first-order valence-corrected chi connectivity index (χ1v) is 9.42. The van der Waals surface area contributed by atoms with Crippen LogP contribution in [0, 0.1) is 0 Å².